The van der Waals surface area contributed by atoms with Crippen molar-refractivity contribution in [2.24, 2.45) is 0 Å². The zero-order chi connectivity index (χ0) is 8.69. The summed E-state index contributed by atoms with van der Waals surface area (Å²) in [5.41, 5.74) is 1.29. The zero-order valence-electron chi connectivity index (χ0n) is 5.94. The molecule has 0 aromatic heterocycles. The molecule has 0 aliphatic rings. The van der Waals surface area contributed by atoms with Gasteiger partial charge in [-0.05, 0) is 0 Å². The number of rotatable bonds is 0. The standard InChI is InChI=1S/C7H7.3ClH.Ti/c1-7-5-3-2-4-6-7;;;;/h3-6H,1H3;3*1H;/q-1;;;;+4/p-3. The van der Waals surface area contributed by atoms with Crippen molar-refractivity contribution in [3.05, 3.63) is 35.9 Å². The van der Waals surface area contributed by atoms with Crippen LogP contribution in [0.3, 0.4) is 0 Å². The number of benzene rings is 1. The van der Waals surface area contributed by atoms with Crippen molar-refractivity contribution >= 4 is 27.9 Å². The predicted molar refractivity (Wildman–Crippen MR) is 47.6 cm³/mol. The molecule has 1 rings (SSSR count). The molecule has 0 atom stereocenters. The van der Waals surface area contributed by atoms with Crippen LogP contribution in [0.5, 0.6) is 0 Å². The summed E-state index contributed by atoms with van der Waals surface area (Å²) in [6.07, 6.45) is 0. The monoisotopic (exact) mass is 244 g/mol. The first kappa shape index (κ1) is 11.8. The van der Waals surface area contributed by atoms with E-state index >= 15 is 0 Å². The average molecular weight is 245 g/mol. The van der Waals surface area contributed by atoms with Crippen molar-refractivity contribution in [1.82, 2.24) is 0 Å². The fourth-order valence-corrected chi connectivity index (χ4v) is 0.470. The maximum atomic E-state index is 4.97. The van der Waals surface area contributed by atoms with Crippen molar-refractivity contribution in [1.29, 1.82) is 0 Å². The molecule has 0 spiro atoms. The van der Waals surface area contributed by atoms with Crippen LogP contribution in [0.1, 0.15) is 5.56 Å². The minimum atomic E-state index is -1.92. The van der Waals surface area contributed by atoms with Crippen molar-refractivity contribution < 1.29 is 14.7 Å². The Labute approximate surface area is 84.9 Å². The number of hydrogen-bond acceptors (Lipinski definition) is 0. The van der Waals surface area contributed by atoms with Crippen molar-refractivity contribution in [2.75, 3.05) is 0 Å². The average Bonchev–Trinajstić information content (AvgIpc) is 1.87. The van der Waals surface area contributed by atoms with Crippen LogP contribution in [0.25, 0.3) is 0 Å². The summed E-state index contributed by atoms with van der Waals surface area (Å²) in [6, 6.07) is 10.8. The maximum absolute atomic E-state index is 4.97. The third kappa shape index (κ3) is 10.8. The molecule has 0 aliphatic heterocycles. The van der Waals surface area contributed by atoms with Crippen LogP contribution in [-0.2, 0) is 14.7 Å². The van der Waals surface area contributed by atoms with E-state index in [-0.39, 0.29) is 0 Å². The van der Waals surface area contributed by atoms with Gasteiger partial charge in [0.05, 0.1) is 0 Å². The summed E-state index contributed by atoms with van der Waals surface area (Å²) in [6.45, 7) is 2.06. The van der Waals surface area contributed by atoms with Gasteiger partial charge in [-0.2, -0.15) is 35.9 Å². The molecule has 1 aromatic rings. The van der Waals surface area contributed by atoms with Gasteiger partial charge in [0.25, 0.3) is 0 Å². The molecule has 0 heterocycles. The van der Waals surface area contributed by atoms with E-state index in [9.17, 15) is 0 Å². The molecular weight excluding hydrogens is 238 g/mol. The third-order valence-electron chi connectivity index (χ3n) is 0.885. The van der Waals surface area contributed by atoms with Crippen LogP contribution in [0, 0.1) is 13.0 Å². The van der Waals surface area contributed by atoms with Gasteiger partial charge in [-0.1, -0.05) is 6.92 Å². The molecular formula is C7H7Cl3Ti. The van der Waals surface area contributed by atoms with E-state index in [0.29, 0.717) is 0 Å². The Hall–Kier alpha value is 0.804. The van der Waals surface area contributed by atoms with Gasteiger partial charge in [0.15, 0.2) is 0 Å². The van der Waals surface area contributed by atoms with Gasteiger partial charge in [0.2, 0.25) is 0 Å². The van der Waals surface area contributed by atoms with Gasteiger partial charge < -0.3 is 0 Å². The van der Waals surface area contributed by atoms with E-state index in [2.05, 4.69) is 13.0 Å². The Morgan fingerprint density at radius 2 is 1.55 bits per heavy atom. The van der Waals surface area contributed by atoms with Crippen LogP contribution < -0.4 is 0 Å². The number of aryl methyl sites for hydroxylation is 1. The van der Waals surface area contributed by atoms with E-state index in [1.807, 2.05) is 24.3 Å². The summed E-state index contributed by atoms with van der Waals surface area (Å²) in [5.74, 6) is 0. The van der Waals surface area contributed by atoms with Gasteiger partial charge in [0.1, 0.15) is 0 Å². The first-order chi connectivity index (χ1) is 5.13. The molecule has 1 aromatic carbocycles. The quantitative estimate of drug-likeness (QED) is 0.481. The Balaban J connectivity index is 0.000000218. The Morgan fingerprint density at radius 1 is 1.18 bits per heavy atom. The molecule has 0 N–H and O–H groups in total. The van der Waals surface area contributed by atoms with Gasteiger partial charge in [-0.3, -0.25) is 0 Å². The summed E-state index contributed by atoms with van der Waals surface area (Å²) in [7, 11) is 14.9. The van der Waals surface area contributed by atoms with Gasteiger partial charge in [-0.25, -0.2) is 0 Å². The third-order valence-corrected chi connectivity index (χ3v) is 0.885. The fraction of sp³-hybridized carbons (Fsp3) is 0.143. The first-order valence-corrected chi connectivity index (χ1v) is 9.33. The van der Waals surface area contributed by atoms with Crippen molar-refractivity contribution in [3.63, 3.8) is 0 Å². The van der Waals surface area contributed by atoms with Gasteiger partial charge in [0, 0.05) is 0 Å². The molecule has 0 radical (unpaired) electrons. The molecule has 11 heavy (non-hydrogen) atoms. The van der Waals surface area contributed by atoms with E-state index in [1.165, 1.54) is 5.56 Å². The van der Waals surface area contributed by atoms with Gasteiger partial charge in [-0.15, -0.1) is 0 Å². The molecule has 0 unspecified atom stereocenters. The number of hydrogen-bond donors (Lipinski definition) is 0. The molecule has 0 bridgehead atoms. The molecule has 0 fully saturated rings. The van der Waals surface area contributed by atoms with Crippen LogP contribution in [0.4, 0.5) is 0 Å². The Bertz CT molecular complexity index is 174. The second kappa shape index (κ2) is 7.45. The van der Waals surface area contributed by atoms with Crippen molar-refractivity contribution in [3.8, 4) is 0 Å². The summed E-state index contributed by atoms with van der Waals surface area (Å²) >= 11 is -1.92. The summed E-state index contributed by atoms with van der Waals surface area (Å²) in [5, 5.41) is 0. The fourth-order valence-electron chi connectivity index (χ4n) is 0.470. The Kier molecular flexibility index (Phi) is 8.00. The van der Waals surface area contributed by atoms with E-state index in [0.717, 1.165) is 0 Å². The molecule has 0 saturated carbocycles. The van der Waals surface area contributed by atoms with Crippen LogP contribution in [-0.4, -0.2) is 0 Å². The topological polar surface area (TPSA) is 0 Å². The van der Waals surface area contributed by atoms with Crippen LogP contribution in [0.2, 0.25) is 0 Å². The van der Waals surface area contributed by atoms with E-state index in [4.69, 9.17) is 27.9 Å². The molecule has 0 nitrogen and oxygen atoms in total. The SMILES string of the molecule is Cc1cc[c-]cc1.[Cl][Ti+]([Cl])[Cl]. The molecule has 0 saturated heterocycles. The summed E-state index contributed by atoms with van der Waals surface area (Å²) < 4.78 is 0. The summed E-state index contributed by atoms with van der Waals surface area (Å²) in [4.78, 5) is 0. The predicted octanol–water partition coefficient (Wildman–Crippen LogP) is 3.86. The second-order valence-electron chi connectivity index (χ2n) is 1.79. The first-order valence-electron chi connectivity index (χ1n) is 2.89. The van der Waals surface area contributed by atoms with Crippen molar-refractivity contribution in [2.45, 2.75) is 6.92 Å². The molecule has 0 aliphatic carbocycles. The van der Waals surface area contributed by atoms with E-state index < -0.39 is 14.7 Å². The van der Waals surface area contributed by atoms with E-state index in [1.54, 1.807) is 0 Å². The number of halogens is 3. The zero-order valence-corrected chi connectivity index (χ0v) is 9.77. The Morgan fingerprint density at radius 3 is 1.73 bits per heavy atom. The second-order valence-corrected chi connectivity index (χ2v) is 9.53. The van der Waals surface area contributed by atoms with Crippen LogP contribution >= 0.6 is 27.9 Å². The van der Waals surface area contributed by atoms with Crippen LogP contribution in [0.15, 0.2) is 24.3 Å². The molecule has 0 amide bonds. The minimum absolute atomic E-state index is 1.29. The molecule has 60 valence electrons. The van der Waals surface area contributed by atoms with Gasteiger partial charge >= 0.3 is 42.6 Å². The molecule has 4 heteroatoms. The normalized spacial score (nSPS) is 8.00.